The van der Waals surface area contributed by atoms with E-state index in [0.29, 0.717) is 0 Å². The fourth-order valence-electron chi connectivity index (χ4n) is 2.40. The molecule has 0 saturated heterocycles. The van der Waals surface area contributed by atoms with Crippen LogP contribution in [0.5, 0.6) is 0 Å². The van der Waals surface area contributed by atoms with Gasteiger partial charge in [0.15, 0.2) is 0 Å². The summed E-state index contributed by atoms with van der Waals surface area (Å²) < 4.78 is 0. The normalized spacial score (nSPS) is 12.1. The van der Waals surface area contributed by atoms with Crippen molar-refractivity contribution in [3.8, 4) is 0 Å². The molecule has 0 N–H and O–H groups in total. The van der Waals surface area contributed by atoms with Gasteiger partial charge in [0.05, 0.1) is 17.6 Å². The molecule has 1 aromatic heterocycles. The molecule has 0 aliphatic carbocycles. The molecule has 2 aromatic carbocycles. The van der Waals surface area contributed by atoms with Crippen LogP contribution >= 0.6 is 11.2 Å². The number of benzene rings is 2. The number of hydrogen-bond acceptors (Lipinski definition) is 3. The summed E-state index contributed by atoms with van der Waals surface area (Å²) in [6.07, 6.45) is 3.63. The molecule has 0 aliphatic heterocycles. The molecule has 1 heterocycles. The van der Waals surface area contributed by atoms with Gasteiger partial charge in [0.2, 0.25) is 0 Å². The molecule has 23 heavy (non-hydrogen) atoms. The number of nitrogens with zero attached hydrogens (tertiary/aromatic N) is 2. The van der Waals surface area contributed by atoms with Crippen molar-refractivity contribution in [2.75, 3.05) is 0 Å². The molecule has 0 fully saturated rings. The van der Waals surface area contributed by atoms with Crippen LogP contribution < -0.4 is 0 Å². The third-order valence-corrected chi connectivity index (χ3v) is 6.95. The molecule has 0 atom stereocenters. The summed E-state index contributed by atoms with van der Waals surface area (Å²) in [5.41, 5.74) is 1.88. The minimum absolute atomic E-state index is 0.875. The van der Waals surface area contributed by atoms with Gasteiger partial charge in [0.25, 0.3) is 0 Å². The Hall–Kier alpha value is -1.91. The minimum Gasteiger partial charge on any atom is -0.255 e. The number of pyridine rings is 1. The third kappa shape index (κ3) is 4.09. The molecular weight excluding hydrogens is 316 g/mol. The number of fused-ring (bicyclic) bond motifs is 1. The first-order valence-corrected chi connectivity index (χ1v) is 12.7. The average Bonchev–Trinajstić information content (AvgIpc) is 2.52. The van der Waals surface area contributed by atoms with Crippen molar-refractivity contribution in [2.45, 2.75) is 24.5 Å². The van der Waals surface area contributed by atoms with Gasteiger partial charge in [0.1, 0.15) is 7.22 Å². The molecule has 4 heteroatoms. The molecule has 116 valence electrons. The predicted octanol–water partition coefficient (Wildman–Crippen LogP) is 5.91. The second-order valence-corrected chi connectivity index (χ2v) is 15.5. The maximum Gasteiger partial charge on any atom is 0.114 e. The maximum atomic E-state index is 4.71. The lowest BCUT2D eigenvalue weighted by Gasteiger charge is -2.17. The van der Waals surface area contributed by atoms with Gasteiger partial charge in [-0.2, -0.15) is 11.2 Å². The van der Waals surface area contributed by atoms with Gasteiger partial charge in [-0.15, -0.1) is 0 Å². The van der Waals surface area contributed by atoms with Crippen LogP contribution in [-0.2, 0) is 0 Å². The Balaban J connectivity index is 2.08. The Morgan fingerprint density at radius 1 is 0.957 bits per heavy atom. The highest BCUT2D eigenvalue weighted by Gasteiger charge is 2.17. The zero-order chi connectivity index (χ0) is 16.3. The molecule has 0 radical (unpaired) electrons. The zero-order valence-electron chi connectivity index (χ0n) is 13.7. The second-order valence-electron chi connectivity index (χ2n) is 6.36. The van der Waals surface area contributed by atoms with Gasteiger partial charge >= 0.3 is 0 Å². The fraction of sp³-hybridized carbons (Fsp3) is 0.158. The summed E-state index contributed by atoms with van der Waals surface area (Å²) in [7, 11) is -1.27. The largest absolute Gasteiger partial charge is 0.255 e. The molecule has 0 saturated carbocycles. The van der Waals surface area contributed by atoms with E-state index in [9.17, 15) is 0 Å². The van der Waals surface area contributed by atoms with Crippen LogP contribution in [0.3, 0.4) is 0 Å². The molecule has 3 aromatic rings. The SMILES string of the molecule is C[Si](C)(C)Sc1cccc2cccc(/N=C\c3ccccn3)c12. The summed E-state index contributed by atoms with van der Waals surface area (Å²) >= 11 is 2.02. The van der Waals surface area contributed by atoms with Crippen molar-refractivity contribution in [3.05, 3.63) is 66.5 Å². The molecule has 0 unspecified atom stereocenters. The van der Waals surface area contributed by atoms with Gasteiger partial charge in [-0.1, -0.05) is 50.0 Å². The molecule has 0 amide bonds. The lowest BCUT2D eigenvalue weighted by atomic mass is 10.1. The predicted molar refractivity (Wildman–Crippen MR) is 105 cm³/mol. The maximum absolute atomic E-state index is 4.71. The van der Waals surface area contributed by atoms with Gasteiger partial charge in [-0.25, -0.2) is 0 Å². The molecule has 2 nitrogen and oxygen atoms in total. The van der Waals surface area contributed by atoms with Crippen LogP contribution in [0.1, 0.15) is 5.69 Å². The highest BCUT2D eigenvalue weighted by atomic mass is 32.4. The first-order chi connectivity index (χ1) is 11.0. The van der Waals surface area contributed by atoms with E-state index in [1.54, 1.807) is 6.20 Å². The average molecular weight is 337 g/mol. The van der Waals surface area contributed by atoms with E-state index in [0.717, 1.165) is 11.4 Å². The number of aliphatic imine (C=N–C) groups is 1. The first kappa shape index (κ1) is 16.0. The van der Waals surface area contributed by atoms with Crippen LogP contribution in [0.2, 0.25) is 19.6 Å². The Morgan fingerprint density at radius 2 is 1.74 bits per heavy atom. The van der Waals surface area contributed by atoms with Gasteiger partial charge in [0, 0.05) is 16.5 Å². The van der Waals surface area contributed by atoms with E-state index in [-0.39, 0.29) is 0 Å². The van der Waals surface area contributed by atoms with Crippen LogP contribution in [0.15, 0.2) is 70.7 Å². The Kier molecular flexibility index (Phi) is 4.64. The van der Waals surface area contributed by atoms with E-state index in [1.807, 2.05) is 35.6 Å². The zero-order valence-corrected chi connectivity index (χ0v) is 15.5. The van der Waals surface area contributed by atoms with E-state index in [2.05, 4.69) is 61.0 Å². The second kappa shape index (κ2) is 6.68. The molecule has 0 aliphatic rings. The summed E-state index contributed by atoms with van der Waals surface area (Å²) in [5.74, 6) is 0. The standard InChI is InChI=1S/C19H20N2SSi/c1-23(2,3)22-18-12-7-9-15-8-6-11-17(19(15)18)21-14-16-10-4-5-13-20-16/h4-14H,1-3H3/b21-14-. The number of aromatic nitrogens is 1. The summed E-state index contributed by atoms with van der Waals surface area (Å²) in [4.78, 5) is 10.3. The van der Waals surface area contributed by atoms with Gasteiger partial charge in [-0.3, -0.25) is 9.98 Å². The highest BCUT2D eigenvalue weighted by Crippen LogP contribution is 2.38. The molecular formula is C19H20N2SSi. The van der Waals surface area contributed by atoms with Crippen molar-refractivity contribution in [2.24, 2.45) is 4.99 Å². The monoisotopic (exact) mass is 336 g/mol. The van der Waals surface area contributed by atoms with Crippen LogP contribution in [0.4, 0.5) is 5.69 Å². The summed E-state index contributed by atoms with van der Waals surface area (Å²) in [6.45, 7) is 7.11. The Bertz CT molecular complexity index is 834. The molecule has 0 bridgehead atoms. The van der Waals surface area contributed by atoms with Crippen LogP contribution in [0.25, 0.3) is 10.8 Å². The lowest BCUT2D eigenvalue weighted by Crippen LogP contribution is -2.13. The Labute approximate surface area is 142 Å². The topological polar surface area (TPSA) is 25.2 Å². The Morgan fingerprint density at radius 3 is 2.43 bits per heavy atom. The van der Waals surface area contributed by atoms with Crippen LogP contribution in [-0.4, -0.2) is 18.4 Å². The van der Waals surface area contributed by atoms with E-state index in [1.165, 1.54) is 15.7 Å². The van der Waals surface area contributed by atoms with Crippen LogP contribution in [0, 0.1) is 0 Å². The van der Waals surface area contributed by atoms with Crippen molar-refractivity contribution in [1.29, 1.82) is 0 Å². The van der Waals surface area contributed by atoms with Gasteiger partial charge < -0.3 is 0 Å². The van der Waals surface area contributed by atoms with Crippen molar-refractivity contribution in [1.82, 2.24) is 4.98 Å². The van der Waals surface area contributed by atoms with E-state index < -0.39 is 7.22 Å². The minimum atomic E-state index is -1.27. The lowest BCUT2D eigenvalue weighted by molar-refractivity contribution is 1.30. The summed E-state index contributed by atoms with van der Waals surface area (Å²) in [5, 5.41) is 2.48. The van der Waals surface area contributed by atoms with Crippen molar-refractivity contribution >= 4 is 41.1 Å². The highest BCUT2D eigenvalue weighted by molar-refractivity contribution is 8.28. The van der Waals surface area contributed by atoms with E-state index in [4.69, 9.17) is 4.99 Å². The van der Waals surface area contributed by atoms with Crippen molar-refractivity contribution < 1.29 is 0 Å². The number of rotatable bonds is 4. The third-order valence-electron chi connectivity index (χ3n) is 3.28. The fourth-order valence-corrected chi connectivity index (χ4v) is 6.02. The number of hydrogen-bond donors (Lipinski definition) is 0. The van der Waals surface area contributed by atoms with E-state index >= 15 is 0 Å². The summed E-state index contributed by atoms with van der Waals surface area (Å²) in [6, 6.07) is 18.7. The first-order valence-electron chi connectivity index (χ1n) is 7.69. The quantitative estimate of drug-likeness (QED) is 0.437. The molecule has 0 spiro atoms. The smallest absolute Gasteiger partial charge is 0.114 e. The molecule has 3 rings (SSSR count). The van der Waals surface area contributed by atoms with Crippen molar-refractivity contribution in [3.63, 3.8) is 0 Å². The van der Waals surface area contributed by atoms with Gasteiger partial charge in [-0.05, 0) is 29.7 Å².